The largest absolute Gasteiger partial charge is 0.480 e. The zero-order valence-electron chi connectivity index (χ0n) is 14.7. The van der Waals surface area contributed by atoms with Crippen LogP contribution in [0.4, 0.5) is 4.79 Å². The zero-order chi connectivity index (χ0) is 17.0. The Hall–Kier alpha value is -1.30. The third-order valence-corrected chi connectivity index (χ3v) is 5.33. The summed E-state index contributed by atoms with van der Waals surface area (Å²) in [5.41, 5.74) is 0.328. The van der Waals surface area contributed by atoms with Crippen molar-refractivity contribution in [2.24, 2.45) is 5.41 Å². The summed E-state index contributed by atoms with van der Waals surface area (Å²) in [7, 11) is 0. The number of urea groups is 1. The molecule has 1 saturated heterocycles. The van der Waals surface area contributed by atoms with E-state index >= 15 is 0 Å². The quantitative estimate of drug-likeness (QED) is 0.812. The summed E-state index contributed by atoms with van der Waals surface area (Å²) in [6.07, 6.45) is 4.99. The molecule has 2 aliphatic rings. The summed E-state index contributed by atoms with van der Waals surface area (Å²) in [5.74, 6) is -0.786. The number of aliphatic carboxylic acids is 1. The van der Waals surface area contributed by atoms with E-state index in [1.807, 2.05) is 16.7 Å². The first-order valence-electron chi connectivity index (χ1n) is 8.82. The molecule has 1 saturated carbocycles. The highest BCUT2D eigenvalue weighted by atomic mass is 16.4. The third-order valence-electron chi connectivity index (χ3n) is 5.33. The number of hydrogen-bond acceptors (Lipinski definition) is 3. The van der Waals surface area contributed by atoms with Crippen LogP contribution < -0.4 is 5.32 Å². The molecule has 2 fully saturated rings. The SMILES string of the molecule is CCN(CC(=O)O)C1CC(NC(=O)N2CCCC(C)(C)CC2)C1. The van der Waals surface area contributed by atoms with E-state index in [1.54, 1.807) is 0 Å². The van der Waals surface area contributed by atoms with Gasteiger partial charge in [-0.1, -0.05) is 20.8 Å². The fraction of sp³-hybridized carbons (Fsp3) is 0.882. The monoisotopic (exact) mass is 325 g/mol. The van der Waals surface area contributed by atoms with E-state index < -0.39 is 5.97 Å². The van der Waals surface area contributed by atoms with E-state index in [0.717, 1.165) is 45.3 Å². The number of carbonyl (C=O) groups excluding carboxylic acids is 1. The molecule has 23 heavy (non-hydrogen) atoms. The average molecular weight is 325 g/mol. The Bertz CT molecular complexity index is 433. The van der Waals surface area contributed by atoms with E-state index in [0.29, 0.717) is 5.41 Å². The van der Waals surface area contributed by atoms with Crippen molar-refractivity contribution in [2.45, 2.75) is 65.0 Å². The minimum atomic E-state index is -0.786. The van der Waals surface area contributed by atoms with Crippen LogP contribution in [0.2, 0.25) is 0 Å². The van der Waals surface area contributed by atoms with Crippen LogP contribution in [0.15, 0.2) is 0 Å². The fourth-order valence-electron chi connectivity index (χ4n) is 3.57. The number of likely N-dealkylation sites (tertiary alicyclic amines) is 1. The van der Waals surface area contributed by atoms with Crippen molar-refractivity contribution in [3.63, 3.8) is 0 Å². The number of amides is 2. The molecule has 0 bridgehead atoms. The Labute approximate surface area is 139 Å². The molecule has 0 unspecified atom stereocenters. The van der Waals surface area contributed by atoms with E-state index in [1.165, 1.54) is 6.42 Å². The van der Waals surface area contributed by atoms with Gasteiger partial charge in [0.25, 0.3) is 0 Å². The minimum absolute atomic E-state index is 0.0485. The highest BCUT2D eigenvalue weighted by Crippen LogP contribution is 2.30. The van der Waals surface area contributed by atoms with Crippen LogP contribution in [0, 0.1) is 5.41 Å². The van der Waals surface area contributed by atoms with Crippen molar-refractivity contribution in [1.29, 1.82) is 0 Å². The maximum atomic E-state index is 12.4. The number of nitrogens with one attached hydrogen (secondary N) is 1. The molecule has 0 atom stereocenters. The highest BCUT2D eigenvalue weighted by molar-refractivity contribution is 5.74. The molecule has 0 radical (unpaired) electrons. The van der Waals surface area contributed by atoms with Crippen LogP contribution in [0.5, 0.6) is 0 Å². The van der Waals surface area contributed by atoms with Crippen molar-refractivity contribution in [1.82, 2.24) is 15.1 Å². The summed E-state index contributed by atoms with van der Waals surface area (Å²) < 4.78 is 0. The van der Waals surface area contributed by atoms with E-state index in [9.17, 15) is 9.59 Å². The first-order chi connectivity index (χ1) is 10.8. The van der Waals surface area contributed by atoms with Crippen molar-refractivity contribution >= 4 is 12.0 Å². The predicted octanol–water partition coefficient (Wildman–Crippen LogP) is 2.15. The second-order valence-corrected chi connectivity index (χ2v) is 7.73. The van der Waals surface area contributed by atoms with Gasteiger partial charge in [-0.25, -0.2) is 4.79 Å². The molecule has 6 nitrogen and oxygen atoms in total. The number of rotatable bonds is 5. The Balaban J connectivity index is 1.74. The van der Waals surface area contributed by atoms with Gasteiger partial charge in [0.05, 0.1) is 6.54 Å². The number of carboxylic acid groups (broad SMARTS) is 1. The first-order valence-corrected chi connectivity index (χ1v) is 8.82. The lowest BCUT2D eigenvalue weighted by Crippen LogP contribution is -2.56. The van der Waals surface area contributed by atoms with Crippen LogP contribution in [-0.4, -0.2) is 65.2 Å². The van der Waals surface area contributed by atoms with E-state index in [-0.39, 0.29) is 24.7 Å². The number of carbonyl (C=O) groups is 2. The maximum Gasteiger partial charge on any atom is 0.317 e. The van der Waals surface area contributed by atoms with Crippen molar-refractivity contribution < 1.29 is 14.7 Å². The van der Waals surface area contributed by atoms with Gasteiger partial charge in [0.15, 0.2) is 0 Å². The molecule has 6 heteroatoms. The molecular weight excluding hydrogens is 294 g/mol. The molecule has 2 amide bonds. The highest BCUT2D eigenvalue weighted by Gasteiger charge is 2.35. The Morgan fingerprint density at radius 3 is 2.57 bits per heavy atom. The maximum absolute atomic E-state index is 12.4. The van der Waals surface area contributed by atoms with Crippen LogP contribution in [0.1, 0.15) is 52.9 Å². The number of hydrogen-bond donors (Lipinski definition) is 2. The van der Waals surface area contributed by atoms with Gasteiger partial charge in [-0.15, -0.1) is 0 Å². The molecule has 0 spiro atoms. The molecule has 0 aromatic rings. The van der Waals surface area contributed by atoms with Gasteiger partial charge in [-0.3, -0.25) is 9.69 Å². The molecule has 0 aromatic heterocycles. The molecule has 1 heterocycles. The van der Waals surface area contributed by atoms with Crippen molar-refractivity contribution in [2.75, 3.05) is 26.2 Å². The lowest BCUT2D eigenvalue weighted by Gasteiger charge is -2.42. The van der Waals surface area contributed by atoms with Gasteiger partial charge in [-0.2, -0.15) is 0 Å². The van der Waals surface area contributed by atoms with Gasteiger partial charge < -0.3 is 15.3 Å². The minimum Gasteiger partial charge on any atom is -0.480 e. The molecule has 132 valence electrons. The van der Waals surface area contributed by atoms with Gasteiger partial charge in [0.1, 0.15) is 0 Å². The Kier molecular flexibility index (Phi) is 5.89. The zero-order valence-corrected chi connectivity index (χ0v) is 14.7. The number of likely N-dealkylation sites (N-methyl/N-ethyl adjacent to an activating group) is 1. The van der Waals surface area contributed by atoms with Crippen LogP contribution in [-0.2, 0) is 4.79 Å². The molecule has 1 aliphatic carbocycles. The predicted molar refractivity (Wildman–Crippen MR) is 89.4 cm³/mol. The standard InChI is InChI=1S/C17H31N3O3/c1-4-19(12-15(21)22)14-10-13(11-14)18-16(23)20-8-5-6-17(2,3)7-9-20/h13-14H,4-12H2,1-3H3,(H,18,23)(H,21,22). The normalized spacial score (nSPS) is 27.2. The second-order valence-electron chi connectivity index (χ2n) is 7.73. The Morgan fingerprint density at radius 1 is 1.26 bits per heavy atom. The van der Waals surface area contributed by atoms with Gasteiger partial charge >= 0.3 is 12.0 Å². The van der Waals surface area contributed by atoms with E-state index in [2.05, 4.69) is 19.2 Å². The second kappa shape index (κ2) is 7.51. The summed E-state index contributed by atoms with van der Waals surface area (Å²) in [6, 6.07) is 0.517. The summed E-state index contributed by atoms with van der Waals surface area (Å²) in [4.78, 5) is 27.2. The Morgan fingerprint density at radius 2 is 1.96 bits per heavy atom. The molecule has 1 aliphatic heterocycles. The van der Waals surface area contributed by atoms with E-state index in [4.69, 9.17) is 5.11 Å². The number of carboxylic acids is 1. The molecule has 0 aromatic carbocycles. The molecule has 2 rings (SSSR count). The smallest absolute Gasteiger partial charge is 0.317 e. The number of nitrogens with zero attached hydrogens (tertiary/aromatic N) is 2. The lowest BCUT2D eigenvalue weighted by atomic mass is 9.85. The third kappa shape index (κ3) is 5.09. The average Bonchev–Trinajstić information content (AvgIpc) is 2.60. The molecule has 2 N–H and O–H groups in total. The summed E-state index contributed by atoms with van der Waals surface area (Å²) >= 11 is 0. The lowest BCUT2D eigenvalue weighted by molar-refractivity contribution is -0.139. The van der Waals surface area contributed by atoms with Crippen molar-refractivity contribution in [3.05, 3.63) is 0 Å². The van der Waals surface area contributed by atoms with Crippen LogP contribution in [0.25, 0.3) is 0 Å². The first kappa shape index (κ1) is 18.0. The topological polar surface area (TPSA) is 72.9 Å². The van der Waals surface area contributed by atoms with Gasteiger partial charge in [0.2, 0.25) is 0 Å². The van der Waals surface area contributed by atoms with Crippen molar-refractivity contribution in [3.8, 4) is 0 Å². The fourth-order valence-corrected chi connectivity index (χ4v) is 3.57. The van der Waals surface area contributed by atoms with Gasteiger partial charge in [0, 0.05) is 25.2 Å². The summed E-state index contributed by atoms with van der Waals surface area (Å²) in [5, 5.41) is 12.0. The van der Waals surface area contributed by atoms with Crippen LogP contribution in [0.3, 0.4) is 0 Å². The van der Waals surface area contributed by atoms with Crippen LogP contribution >= 0.6 is 0 Å². The van der Waals surface area contributed by atoms with Gasteiger partial charge in [-0.05, 0) is 44.1 Å². The summed E-state index contributed by atoms with van der Waals surface area (Å²) in [6.45, 7) is 9.01. The molecular formula is C17H31N3O3.